The fourth-order valence-corrected chi connectivity index (χ4v) is 1.71. The monoisotopic (exact) mass is 206 g/mol. The van der Waals surface area contributed by atoms with Gasteiger partial charge in [-0.15, -0.1) is 0 Å². The van der Waals surface area contributed by atoms with Crippen LogP contribution < -0.4 is 0 Å². The van der Waals surface area contributed by atoms with Crippen molar-refractivity contribution in [3.05, 3.63) is 0 Å². The third-order valence-corrected chi connectivity index (χ3v) is 2.50. The molecule has 6 atom stereocenters. The van der Waals surface area contributed by atoms with Gasteiger partial charge in [-0.3, -0.25) is 0 Å². The second-order valence-electron chi connectivity index (χ2n) is 3.55. The summed E-state index contributed by atoms with van der Waals surface area (Å²) < 4.78 is 15.4. The Morgan fingerprint density at radius 3 is 2.50 bits per heavy atom. The normalized spacial score (nSPS) is 54.0. The molecule has 2 saturated heterocycles. The quantitative estimate of drug-likeness (QED) is 0.433. The third kappa shape index (κ3) is 1.65. The fourth-order valence-electron chi connectivity index (χ4n) is 1.71. The predicted octanol–water partition coefficient (Wildman–Crippen LogP) is -1.81. The zero-order valence-electron chi connectivity index (χ0n) is 7.74. The largest absolute Gasteiger partial charge is 0.387 e. The van der Waals surface area contributed by atoms with Crippen LogP contribution in [0.5, 0.6) is 0 Å². The molecule has 3 N–H and O–H groups in total. The number of hydrogen-bond acceptors (Lipinski definition) is 6. The average molecular weight is 206 g/mol. The van der Waals surface area contributed by atoms with E-state index in [-0.39, 0.29) is 6.61 Å². The first-order chi connectivity index (χ1) is 6.59. The van der Waals surface area contributed by atoms with Crippen molar-refractivity contribution in [1.82, 2.24) is 0 Å². The summed E-state index contributed by atoms with van der Waals surface area (Å²) in [5, 5.41) is 28.1. The Kier molecular flexibility index (Phi) is 2.74. The number of ether oxygens (including phenoxy) is 3. The molecule has 2 heterocycles. The molecule has 2 aliphatic rings. The summed E-state index contributed by atoms with van der Waals surface area (Å²) in [5.74, 6) is 0. The van der Waals surface area contributed by atoms with E-state index in [2.05, 4.69) is 0 Å². The van der Waals surface area contributed by atoms with Gasteiger partial charge in [0.25, 0.3) is 0 Å². The number of hydrogen-bond donors (Lipinski definition) is 3. The van der Waals surface area contributed by atoms with E-state index in [4.69, 9.17) is 14.2 Å². The zero-order chi connectivity index (χ0) is 10.3. The van der Waals surface area contributed by atoms with Gasteiger partial charge in [-0.05, 0) is 6.92 Å². The van der Waals surface area contributed by atoms with Crippen LogP contribution in [0, 0.1) is 0 Å². The van der Waals surface area contributed by atoms with Crippen molar-refractivity contribution >= 4 is 0 Å². The Hall–Kier alpha value is -0.240. The van der Waals surface area contributed by atoms with Crippen molar-refractivity contribution in [3.8, 4) is 0 Å². The fraction of sp³-hybridized carbons (Fsp3) is 1.00. The summed E-state index contributed by atoms with van der Waals surface area (Å²) in [6.45, 7) is 1.94. The number of aliphatic hydroxyl groups is 3. The molecule has 0 aromatic heterocycles. The van der Waals surface area contributed by atoms with Gasteiger partial charge >= 0.3 is 0 Å². The van der Waals surface area contributed by atoms with Crippen molar-refractivity contribution in [1.29, 1.82) is 0 Å². The van der Waals surface area contributed by atoms with Gasteiger partial charge < -0.3 is 29.5 Å². The Morgan fingerprint density at radius 1 is 1.07 bits per heavy atom. The van der Waals surface area contributed by atoms with Gasteiger partial charge in [0.15, 0.2) is 12.6 Å². The molecule has 2 fully saturated rings. The van der Waals surface area contributed by atoms with Crippen LogP contribution >= 0.6 is 0 Å². The Balaban J connectivity index is 2.08. The van der Waals surface area contributed by atoms with Gasteiger partial charge in [0.05, 0.1) is 6.61 Å². The van der Waals surface area contributed by atoms with E-state index in [1.807, 2.05) is 0 Å². The first-order valence-corrected chi connectivity index (χ1v) is 4.56. The summed E-state index contributed by atoms with van der Waals surface area (Å²) in [5.41, 5.74) is 0. The third-order valence-electron chi connectivity index (χ3n) is 2.50. The number of rotatable bonds is 0. The molecule has 0 radical (unpaired) electrons. The average Bonchev–Trinajstić information content (AvgIpc) is 2.16. The molecule has 2 rings (SSSR count). The minimum absolute atomic E-state index is 0.243. The van der Waals surface area contributed by atoms with Crippen LogP contribution in [-0.2, 0) is 14.2 Å². The summed E-state index contributed by atoms with van der Waals surface area (Å²) >= 11 is 0. The van der Waals surface area contributed by atoms with Crippen molar-refractivity contribution < 1.29 is 29.5 Å². The number of aliphatic hydroxyl groups excluding tert-OH is 3. The van der Waals surface area contributed by atoms with E-state index in [9.17, 15) is 15.3 Å². The number of fused-ring (bicyclic) bond motifs is 1. The van der Waals surface area contributed by atoms with Gasteiger partial charge in [0.1, 0.15) is 24.4 Å². The summed E-state index contributed by atoms with van der Waals surface area (Å²) in [6.07, 6.45) is -5.46. The molecular formula is C8H14O6. The highest BCUT2D eigenvalue weighted by Crippen LogP contribution is 2.27. The van der Waals surface area contributed by atoms with Crippen LogP contribution in [0.1, 0.15) is 6.92 Å². The second-order valence-corrected chi connectivity index (χ2v) is 3.55. The summed E-state index contributed by atoms with van der Waals surface area (Å²) in [4.78, 5) is 0. The molecule has 0 amide bonds. The first kappa shape index (κ1) is 10.3. The van der Waals surface area contributed by atoms with Gasteiger partial charge in [-0.25, -0.2) is 0 Å². The van der Waals surface area contributed by atoms with Crippen LogP contribution in [-0.4, -0.2) is 58.9 Å². The minimum atomic E-state index is -1.38. The minimum Gasteiger partial charge on any atom is -0.387 e. The highest BCUT2D eigenvalue weighted by atomic mass is 16.7. The van der Waals surface area contributed by atoms with Crippen LogP contribution in [0.3, 0.4) is 0 Å². The molecule has 82 valence electrons. The molecule has 14 heavy (non-hydrogen) atoms. The van der Waals surface area contributed by atoms with Crippen LogP contribution in [0.4, 0.5) is 0 Å². The lowest BCUT2D eigenvalue weighted by Crippen LogP contribution is -2.62. The molecule has 6 heteroatoms. The Labute approximate surface area is 81.0 Å². The van der Waals surface area contributed by atoms with Gasteiger partial charge in [-0.2, -0.15) is 0 Å². The van der Waals surface area contributed by atoms with E-state index < -0.39 is 37.0 Å². The molecule has 0 bridgehead atoms. The van der Waals surface area contributed by atoms with Gasteiger partial charge in [-0.1, -0.05) is 0 Å². The maximum atomic E-state index is 9.59. The lowest BCUT2D eigenvalue weighted by Gasteiger charge is -2.44. The Bertz CT molecular complexity index is 208. The maximum Gasteiger partial charge on any atom is 0.184 e. The molecule has 0 aromatic rings. The smallest absolute Gasteiger partial charge is 0.184 e. The van der Waals surface area contributed by atoms with Crippen molar-refractivity contribution in [2.75, 3.05) is 6.61 Å². The Morgan fingerprint density at radius 2 is 1.79 bits per heavy atom. The van der Waals surface area contributed by atoms with Gasteiger partial charge in [0.2, 0.25) is 0 Å². The molecular weight excluding hydrogens is 192 g/mol. The van der Waals surface area contributed by atoms with E-state index in [0.29, 0.717) is 0 Å². The van der Waals surface area contributed by atoms with Crippen LogP contribution in [0.2, 0.25) is 0 Å². The predicted molar refractivity (Wildman–Crippen MR) is 43.2 cm³/mol. The molecule has 2 aliphatic heterocycles. The van der Waals surface area contributed by atoms with Crippen molar-refractivity contribution in [3.63, 3.8) is 0 Å². The van der Waals surface area contributed by atoms with Crippen LogP contribution in [0.25, 0.3) is 0 Å². The van der Waals surface area contributed by atoms with Crippen molar-refractivity contribution in [2.45, 2.75) is 43.9 Å². The lowest BCUT2D eigenvalue weighted by molar-refractivity contribution is -0.348. The molecule has 0 unspecified atom stereocenters. The topological polar surface area (TPSA) is 88.4 Å². The van der Waals surface area contributed by atoms with E-state index in [0.717, 1.165) is 0 Å². The van der Waals surface area contributed by atoms with Crippen molar-refractivity contribution in [2.24, 2.45) is 0 Å². The van der Waals surface area contributed by atoms with Crippen LogP contribution in [0.15, 0.2) is 0 Å². The standard InChI is InChI=1S/C8H14O6/c1-3-12-2-4-7(13-3)5(9)6(10)8(11)14-4/h3-11H,2H2,1H3/t3-,4+,5+,6+,7+,8-/m0/s1. The molecule has 0 aromatic carbocycles. The summed E-state index contributed by atoms with van der Waals surface area (Å²) in [6, 6.07) is 0. The lowest BCUT2D eigenvalue weighted by atomic mass is 9.98. The molecule has 0 aliphatic carbocycles. The van der Waals surface area contributed by atoms with Gasteiger partial charge in [0, 0.05) is 0 Å². The van der Waals surface area contributed by atoms with E-state index in [1.54, 1.807) is 6.92 Å². The van der Waals surface area contributed by atoms with E-state index >= 15 is 0 Å². The highest BCUT2D eigenvalue weighted by molar-refractivity contribution is 4.91. The summed E-state index contributed by atoms with van der Waals surface area (Å²) in [7, 11) is 0. The SMILES string of the molecule is C[C@H]1OC[C@H]2O[C@H](O)[C@H](O)[C@@H](O)[C@@H]2O1. The molecule has 0 spiro atoms. The highest BCUT2D eigenvalue weighted by Gasteiger charge is 2.47. The van der Waals surface area contributed by atoms with E-state index in [1.165, 1.54) is 0 Å². The zero-order valence-corrected chi connectivity index (χ0v) is 7.74. The molecule has 6 nitrogen and oxygen atoms in total. The molecule has 0 saturated carbocycles. The first-order valence-electron chi connectivity index (χ1n) is 4.56. The second kappa shape index (κ2) is 3.73. The maximum absolute atomic E-state index is 9.59.